The van der Waals surface area contributed by atoms with Crippen molar-refractivity contribution in [1.29, 1.82) is 0 Å². The van der Waals surface area contributed by atoms with Crippen molar-refractivity contribution >= 4 is 23.5 Å². The van der Waals surface area contributed by atoms with E-state index in [-0.39, 0.29) is 12.5 Å². The van der Waals surface area contributed by atoms with Crippen LogP contribution in [0.2, 0.25) is 0 Å². The van der Waals surface area contributed by atoms with E-state index in [0.29, 0.717) is 24.0 Å². The number of carboxylic acid groups (broad SMARTS) is 1. The van der Waals surface area contributed by atoms with Crippen molar-refractivity contribution in [2.75, 3.05) is 32.0 Å². The topological polar surface area (TPSA) is 110 Å². The summed E-state index contributed by atoms with van der Waals surface area (Å²) in [5.41, 5.74) is 0.818. The van der Waals surface area contributed by atoms with E-state index in [1.54, 1.807) is 0 Å². The van der Waals surface area contributed by atoms with Crippen LogP contribution in [0.25, 0.3) is 0 Å². The summed E-state index contributed by atoms with van der Waals surface area (Å²) in [5, 5.41) is 21.4. The largest absolute Gasteiger partial charge is 0.478 e. The molecular formula is C21H31N3O5. The summed E-state index contributed by atoms with van der Waals surface area (Å²) in [6.07, 6.45) is 6.28. The Kier molecular flexibility index (Phi) is 12.0. The van der Waals surface area contributed by atoms with E-state index in [9.17, 15) is 19.6 Å². The fraction of sp³-hybridized carbons (Fsp3) is 0.476. The van der Waals surface area contributed by atoms with Gasteiger partial charge in [-0.1, -0.05) is 24.6 Å². The fourth-order valence-electron chi connectivity index (χ4n) is 2.68. The molecular weight excluding hydrogens is 374 g/mol. The number of carboxylic acids is 1. The van der Waals surface area contributed by atoms with Gasteiger partial charge in [0.2, 0.25) is 5.91 Å². The van der Waals surface area contributed by atoms with Gasteiger partial charge < -0.3 is 15.3 Å². The van der Waals surface area contributed by atoms with Gasteiger partial charge in [-0.15, -0.1) is 0 Å². The average molecular weight is 405 g/mol. The van der Waals surface area contributed by atoms with Gasteiger partial charge in [0.1, 0.15) is 0 Å². The number of hydroxylamine groups is 2. The zero-order valence-corrected chi connectivity index (χ0v) is 16.9. The predicted octanol–water partition coefficient (Wildman–Crippen LogP) is 2.76. The zero-order chi connectivity index (χ0) is 21.5. The van der Waals surface area contributed by atoms with Crippen molar-refractivity contribution in [2.24, 2.45) is 0 Å². The molecule has 0 aliphatic carbocycles. The highest BCUT2D eigenvalue weighted by molar-refractivity contribution is 5.93. The zero-order valence-electron chi connectivity index (χ0n) is 16.9. The molecule has 0 saturated carbocycles. The second kappa shape index (κ2) is 14.3. The molecule has 8 nitrogen and oxygen atoms in total. The fourth-order valence-corrected chi connectivity index (χ4v) is 2.68. The molecule has 0 heterocycles. The van der Waals surface area contributed by atoms with Gasteiger partial charge in [-0.3, -0.25) is 14.8 Å². The summed E-state index contributed by atoms with van der Waals surface area (Å²) in [6, 6.07) is 9.41. The lowest BCUT2D eigenvalue weighted by molar-refractivity contribution is -0.159. The number of benzene rings is 1. The molecule has 2 amide bonds. The van der Waals surface area contributed by atoms with Crippen molar-refractivity contribution < 1.29 is 24.7 Å². The molecule has 0 aliphatic heterocycles. The third-order valence-corrected chi connectivity index (χ3v) is 4.28. The molecule has 0 atom stereocenters. The van der Waals surface area contributed by atoms with Crippen LogP contribution >= 0.6 is 0 Å². The van der Waals surface area contributed by atoms with Crippen LogP contribution in [-0.4, -0.2) is 64.7 Å². The van der Waals surface area contributed by atoms with Gasteiger partial charge in [0.15, 0.2) is 0 Å². The second-order valence-corrected chi connectivity index (χ2v) is 6.87. The lowest BCUT2D eigenvalue weighted by Gasteiger charge is -2.17. The Bertz CT molecular complexity index is 664. The Morgan fingerprint density at radius 3 is 2.21 bits per heavy atom. The lowest BCUT2D eigenvalue weighted by atomic mass is 10.1. The highest BCUT2D eigenvalue weighted by atomic mass is 16.5. The standard InChI is InChI=1S/C21H31N3O5/c1-23(16-8-9-17-24(29)20(26)13-14-21(27)28)15-7-3-6-12-19(25)22-18-10-4-2-5-11-18/h2,4-5,10-11,13-14,29H,3,6-9,12,15-17H2,1H3,(H,22,25)(H,27,28)/b14-13+. The molecule has 0 aromatic heterocycles. The molecule has 1 aromatic carbocycles. The minimum atomic E-state index is -1.23. The molecule has 29 heavy (non-hydrogen) atoms. The Labute approximate surface area is 171 Å². The van der Waals surface area contributed by atoms with Crippen LogP contribution in [0, 0.1) is 0 Å². The van der Waals surface area contributed by atoms with Gasteiger partial charge in [0.05, 0.1) is 0 Å². The average Bonchev–Trinajstić information content (AvgIpc) is 2.69. The maximum absolute atomic E-state index is 11.9. The third-order valence-electron chi connectivity index (χ3n) is 4.28. The molecule has 1 aromatic rings. The first-order valence-electron chi connectivity index (χ1n) is 9.83. The number of nitrogens with zero attached hydrogens (tertiary/aromatic N) is 2. The normalized spacial score (nSPS) is 11.0. The number of rotatable bonds is 14. The summed E-state index contributed by atoms with van der Waals surface area (Å²) in [6.45, 7) is 1.91. The number of carbonyl (C=O) groups is 3. The Morgan fingerprint density at radius 2 is 1.55 bits per heavy atom. The smallest absolute Gasteiger partial charge is 0.328 e. The summed E-state index contributed by atoms with van der Waals surface area (Å²) in [5.74, 6) is -1.94. The van der Waals surface area contributed by atoms with Gasteiger partial charge in [-0.05, 0) is 58.0 Å². The minimum Gasteiger partial charge on any atom is -0.478 e. The SMILES string of the molecule is CN(CCCCCC(=O)Nc1ccccc1)CCCCN(O)C(=O)/C=C/C(=O)O. The molecule has 0 radical (unpaired) electrons. The molecule has 0 saturated heterocycles. The van der Waals surface area contributed by atoms with E-state index in [1.807, 2.05) is 37.4 Å². The van der Waals surface area contributed by atoms with Crippen molar-refractivity contribution in [3.8, 4) is 0 Å². The summed E-state index contributed by atoms with van der Waals surface area (Å²) >= 11 is 0. The first-order valence-corrected chi connectivity index (χ1v) is 9.83. The monoisotopic (exact) mass is 405 g/mol. The number of amides is 2. The van der Waals surface area contributed by atoms with Crippen LogP contribution in [0.4, 0.5) is 5.69 Å². The van der Waals surface area contributed by atoms with Crippen molar-refractivity contribution in [3.63, 3.8) is 0 Å². The Balaban J connectivity index is 2.02. The number of carbonyl (C=O) groups excluding carboxylic acids is 2. The van der Waals surface area contributed by atoms with Gasteiger partial charge in [-0.25, -0.2) is 9.86 Å². The van der Waals surface area contributed by atoms with Gasteiger partial charge in [0.25, 0.3) is 5.91 Å². The van der Waals surface area contributed by atoms with Gasteiger partial charge in [0, 0.05) is 30.8 Å². The first kappa shape index (κ1) is 24.3. The van der Waals surface area contributed by atoms with E-state index < -0.39 is 11.9 Å². The van der Waals surface area contributed by atoms with Crippen molar-refractivity contribution in [3.05, 3.63) is 42.5 Å². The third kappa shape index (κ3) is 12.4. The maximum Gasteiger partial charge on any atom is 0.328 e. The molecule has 0 spiro atoms. The van der Waals surface area contributed by atoms with Crippen LogP contribution in [0.5, 0.6) is 0 Å². The van der Waals surface area contributed by atoms with Gasteiger partial charge >= 0.3 is 5.97 Å². The predicted molar refractivity (Wildman–Crippen MR) is 111 cm³/mol. The molecule has 160 valence electrons. The highest BCUT2D eigenvalue weighted by Gasteiger charge is 2.08. The maximum atomic E-state index is 11.9. The van der Waals surface area contributed by atoms with E-state index in [1.165, 1.54) is 0 Å². The van der Waals surface area contributed by atoms with Crippen LogP contribution in [0.15, 0.2) is 42.5 Å². The van der Waals surface area contributed by atoms with Crippen LogP contribution in [0.3, 0.4) is 0 Å². The number of hydrogen-bond acceptors (Lipinski definition) is 5. The molecule has 0 unspecified atom stereocenters. The van der Waals surface area contributed by atoms with Gasteiger partial charge in [-0.2, -0.15) is 0 Å². The molecule has 0 fully saturated rings. The number of hydrogen-bond donors (Lipinski definition) is 3. The molecule has 3 N–H and O–H groups in total. The summed E-state index contributed by atoms with van der Waals surface area (Å²) in [4.78, 5) is 35.8. The van der Waals surface area contributed by atoms with Crippen LogP contribution in [0.1, 0.15) is 38.5 Å². The number of aliphatic carboxylic acids is 1. The Hall–Kier alpha value is -2.71. The Morgan fingerprint density at radius 1 is 0.931 bits per heavy atom. The molecule has 1 rings (SSSR count). The summed E-state index contributed by atoms with van der Waals surface area (Å²) < 4.78 is 0. The first-order chi connectivity index (χ1) is 13.9. The number of unbranched alkanes of at least 4 members (excludes halogenated alkanes) is 3. The van der Waals surface area contributed by atoms with Crippen molar-refractivity contribution in [1.82, 2.24) is 9.96 Å². The minimum absolute atomic E-state index is 0.0332. The van der Waals surface area contributed by atoms with E-state index in [0.717, 1.165) is 50.5 Å². The summed E-state index contributed by atoms with van der Waals surface area (Å²) in [7, 11) is 2.01. The van der Waals surface area contributed by atoms with Crippen LogP contribution < -0.4 is 5.32 Å². The highest BCUT2D eigenvalue weighted by Crippen LogP contribution is 2.08. The van der Waals surface area contributed by atoms with E-state index >= 15 is 0 Å². The second-order valence-electron chi connectivity index (χ2n) is 6.87. The molecule has 0 aliphatic rings. The van der Waals surface area contributed by atoms with Crippen molar-refractivity contribution in [2.45, 2.75) is 38.5 Å². The number of nitrogens with one attached hydrogen (secondary N) is 1. The molecule has 0 bridgehead atoms. The quantitative estimate of drug-likeness (QED) is 0.190. The van der Waals surface area contributed by atoms with E-state index in [2.05, 4.69) is 10.2 Å². The van der Waals surface area contributed by atoms with Crippen LogP contribution in [-0.2, 0) is 14.4 Å². The number of para-hydroxylation sites is 1. The van der Waals surface area contributed by atoms with E-state index in [4.69, 9.17) is 5.11 Å². The molecule has 8 heteroatoms. The number of anilines is 1. The lowest BCUT2D eigenvalue weighted by Crippen LogP contribution is -2.28.